The fraction of sp³-hybridized carbons (Fsp3) is 0.562. The topological polar surface area (TPSA) is 117 Å². The number of aromatic nitrogens is 2. The van der Waals surface area contributed by atoms with Gasteiger partial charge >= 0.3 is 0 Å². The van der Waals surface area contributed by atoms with Crippen LogP contribution >= 0.6 is 0 Å². The predicted molar refractivity (Wildman–Crippen MR) is 89.8 cm³/mol. The second kappa shape index (κ2) is 8.46. The van der Waals surface area contributed by atoms with Crippen molar-refractivity contribution in [2.75, 3.05) is 25.6 Å². The molecule has 2 rings (SSSR count). The van der Waals surface area contributed by atoms with Crippen molar-refractivity contribution in [3.63, 3.8) is 0 Å². The highest BCUT2D eigenvalue weighted by Gasteiger charge is 2.26. The monoisotopic (exact) mass is 317 g/mol. The lowest BCUT2D eigenvalue weighted by Gasteiger charge is -2.15. The minimum atomic E-state index is -0.360. The van der Waals surface area contributed by atoms with Gasteiger partial charge in [0.25, 0.3) is 5.56 Å². The molecule has 0 radical (unpaired) electrons. The highest BCUT2D eigenvalue weighted by atomic mass is 16.5. The van der Waals surface area contributed by atoms with E-state index in [9.17, 15) is 4.79 Å². The van der Waals surface area contributed by atoms with E-state index in [4.69, 9.17) is 15.9 Å². The Bertz CT molecular complexity index is 658. The highest BCUT2D eigenvalue weighted by molar-refractivity contribution is 6.13. The highest BCUT2D eigenvalue weighted by Crippen LogP contribution is 2.28. The van der Waals surface area contributed by atoms with Gasteiger partial charge < -0.3 is 20.8 Å². The second-order valence-corrected chi connectivity index (χ2v) is 5.65. The SMILES string of the molecule is COCC1CCC(Nc2nc[nH]c(=O)c2C(=N)C#CCCN)C1. The molecule has 1 heterocycles. The average Bonchev–Trinajstić information content (AvgIpc) is 2.95. The van der Waals surface area contributed by atoms with Crippen molar-refractivity contribution < 1.29 is 4.74 Å². The molecule has 2 atom stereocenters. The Morgan fingerprint density at radius 2 is 2.43 bits per heavy atom. The van der Waals surface area contributed by atoms with E-state index in [1.54, 1.807) is 7.11 Å². The summed E-state index contributed by atoms with van der Waals surface area (Å²) in [6, 6.07) is 0.230. The Morgan fingerprint density at radius 3 is 3.17 bits per heavy atom. The molecule has 124 valence electrons. The van der Waals surface area contributed by atoms with Gasteiger partial charge in [0.15, 0.2) is 0 Å². The van der Waals surface area contributed by atoms with E-state index in [0.29, 0.717) is 24.7 Å². The van der Waals surface area contributed by atoms with Gasteiger partial charge in [0.1, 0.15) is 17.1 Å². The quantitative estimate of drug-likeness (QED) is 0.455. The third-order valence-corrected chi connectivity index (χ3v) is 3.87. The first kappa shape index (κ1) is 17.2. The van der Waals surface area contributed by atoms with Crippen molar-refractivity contribution in [2.45, 2.75) is 31.7 Å². The van der Waals surface area contributed by atoms with Crippen LogP contribution in [0.2, 0.25) is 0 Å². The molecule has 0 aromatic carbocycles. The van der Waals surface area contributed by atoms with E-state index in [-0.39, 0.29) is 22.9 Å². The lowest BCUT2D eigenvalue weighted by molar-refractivity contribution is 0.154. The van der Waals surface area contributed by atoms with Crippen LogP contribution in [0.5, 0.6) is 0 Å². The number of hydrogen-bond donors (Lipinski definition) is 4. The van der Waals surface area contributed by atoms with E-state index in [2.05, 4.69) is 27.1 Å². The molecule has 7 heteroatoms. The molecule has 23 heavy (non-hydrogen) atoms. The van der Waals surface area contributed by atoms with Crippen LogP contribution in [0.4, 0.5) is 5.82 Å². The Hall–Kier alpha value is -2.17. The number of rotatable bonds is 6. The van der Waals surface area contributed by atoms with Gasteiger partial charge in [-0.1, -0.05) is 5.92 Å². The normalized spacial score (nSPS) is 19.9. The van der Waals surface area contributed by atoms with Crippen molar-refractivity contribution in [1.82, 2.24) is 9.97 Å². The largest absolute Gasteiger partial charge is 0.384 e. The van der Waals surface area contributed by atoms with Crippen molar-refractivity contribution in [1.29, 1.82) is 5.41 Å². The van der Waals surface area contributed by atoms with Crippen LogP contribution in [0, 0.1) is 23.2 Å². The smallest absolute Gasteiger partial charge is 0.262 e. The number of nitrogens with zero attached hydrogens (tertiary/aromatic N) is 1. The van der Waals surface area contributed by atoms with Gasteiger partial charge in [-0.05, 0) is 31.1 Å². The molecule has 1 aromatic heterocycles. The molecule has 1 aliphatic carbocycles. The zero-order chi connectivity index (χ0) is 16.7. The van der Waals surface area contributed by atoms with Crippen LogP contribution in [0.1, 0.15) is 31.2 Å². The Balaban J connectivity index is 2.14. The fourth-order valence-electron chi connectivity index (χ4n) is 2.81. The number of hydrogen-bond acceptors (Lipinski definition) is 6. The summed E-state index contributed by atoms with van der Waals surface area (Å²) in [6.45, 7) is 1.17. The molecule has 1 aromatic rings. The number of anilines is 1. The Morgan fingerprint density at radius 1 is 1.61 bits per heavy atom. The number of H-pyrrole nitrogens is 1. The first-order valence-corrected chi connectivity index (χ1v) is 7.76. The molecule has 1 aliphatic rings. The third kappa shape index (κ3) is 4.65. The molecular formula is C16H23N5O2. The molecule has 0 spiro atoms. The van der Waals surface area contributed by atoms with Gasteiger partial charge in [-0.25, -0.2) is 4.98 Å². The van der Waals surface area contributed by atoms with Crippen LogP contribution in [0.3, 0.4) is 0 Å². The maximum absolute atomic E-state index is 12.1. The summed E-state index contributed by atoms with van der Waals surface area (Å²) in [5.41, 5.74) is 5.17. The lowest BCUT2D eigenvalue weighted by atomic mass is 10.1. The minimum Gasteiger partial charge on any atom is -0.384 e. The van der Waals surface area contributed by atoms with E-state index in [1.807, 2.05) is 0 Å². The summed E-state index contributed by atoms with van der Waals surface area (Å²) >= 11 is 0. The number of nitrogens with one attached hydrogen (secondary N) is 3. The van der Waals surface area contributed by atoms with Crippen molar-refractivity contribution >= 4 is 11.5 Å². The number of nitrogens with two attached hydrogens (primary N) is 1. The summed E-state index contributed by atoms with van der Waals surface area (Å²) in [7, 11) is 1.71. The second-order valence-electron chi connectivity index (χ2n) is 5.65. The van der Waals surface area contributed by atoms with E-state index < -0.39 is 0 Å². The summed E-state index contributed by atoms with van der Waals surface area (Å²) in [5, 5.41) is 11.3. The van der Waals surface area contributed by atoms with Crippen LogP contribution in [-0.4, -0.2) is 42.0 Å². The van der Waals surface area contributed by atoms with Gasteiger partial charge in [0.2, 0.25) is 0 Å². The summed E-state index contributed by atoms with van der Waals surface area (Å²) in [5.74, 6) is 6.39. The number of ether oxygens (including phenoxy) is 1. The molecule has 2 unspecified atom stereocenters. The van der Waals surface area contributed by atoms with Crippen LogP contribution in [0.15, 0.2) is 11.1 Å². The zero-order valence-electron chi connectivity index (χ0n) is 13.3. The van der Waals surface area contributed by atoms with Gasteiger partial charge in [0.05, 0.1) is 6.33 Å². The number of methoxy groups -OCH3 is 1. The predicted octanol–water partition coefficient (Wildman–Crippen LogP) is 0.717. The third-order valence-electron chi connectivity index (χ3n) is 3.87. The maximum atomic E-state index is 12.1. The molecule has 1 saturated carbocycles. The zero-order valence-corrected chi connectivity index (χ0v) is 13.3. The van der Waals surface area contributed by atoms with E-state index in [0.717, 1.165) is 25.9 Å². The molecule has 0 amide bonds. The van der Waals surface area contributed by atoms with E-state index >= 15 is 0 Å². The molecule has 5 N–H and O–H groups in total. The summed E-state index contributed by atoms with van der Waals surface area (Å²) in [6.07, 6.45) is 4.88. The van der Waals surface area contributed by atoms with Crippen molar-refractivity contribution in [3.05, 3.63) is 22.2 Å². The first-order valence-electron chi connectivity index (χ1n) is 7.76. The van der Waals surface area contributed by atoms with Gasteiger partial charge in [-0.15, -0.1) is 0 Å². The Labute approximate surface area is 135 Å². The van der Waals surface area contributed by atoms with Crippen molar-refractivity contribution in [2.24, 2.45) is 11.7 Å². The average molecular weight is 317 g/mol. The van der Waals surface area contributed by atoms with Gasteiger partial charge in [-0.2, -0.15) is 0 Å². The maximum Gasteiger partial charge on any atom is 0.262 e. The molecule has 1 fully saturated rings. The fourth-order valence-corrected chi connectivity index (χ4v) is 2.81. The number of aromatic amines is 1. The van der Waals surface area contributed by atoms with Crippen LogP contribution in [0.25, 0.3) is 0 Å². The van der Waals surface area contributed by atoms with Crippen LogP contribution < -0.4 is 16.6 Å². The lowest BCUT2D eigenvalue weighted by Crippen LogP contribution is -2.25. The standard InChI is InChI=1S/C16H23N5O2/c1-23-9-11-5-6-12(8-11)21-15-14(16(22)20-10-19-15)13(18)4-2-3-7-17/h10-12,18H,3,5-9,17H2,1H3,(H2,19,20,21,22). The molecule has 7 nitrogen and oxygen atoms in total. The summed E-state index contributed by atoms with van der Waals surface area (Å²) < 4.78 is 5.20. The molecule has 0 saturated heterocycles. The first-order chi connectivity index (χ1) is 11.2. The molecule has 0 bridgehead atoms. The molecular weight excluding hydrogens is 294 g/mol. The van der Waals surface area contributed by atoms with Gasteiger partial charge in [-0.3, -0.25) is 10.2 Å². The van der Waals surface area contributed by atoms with E-state index in [1.165, 1.54) is 6.33 Å². The minimum absolute atomic E-state index is 0.0401. The summed E-state index contributed by atoms with van der Waals surface area (Å²) in [4.78, 5) is 18.8. The van der Waals surface area contributed by atoms with Gasteiger partial charge in [0, 0.05) is 32.7 Å². The van der Waals surface area contributed by atoms with Crippen LogP contribution in [-0.2, 0) is 4.74 Å². The molecule has 0 aliphatic heterocycles. The van der Waals surface area contributed by atoms with Crippen molar-refractivity contribution in [3.8, 4) is 11.8 Å². The Kier molecular flexibility index (Phi) is 6.32.